The van der Waals surface area contributed by atoms with Crippen molar-refractivity contribution in [1.29, 1.82) is 0 Å². The molecule has 0 aliphatic rings. The summed E-state index contributed by atoms with van der Waals surface area (Å²) in [5.41, 5.74) is -2.07. The first-order valence-corrected chi connectivity index (χ1v) is 6.21. The van der Waals surface area contributed by atoms with Crippen LogP contribution in [0.4, 0.5) is 17.1 Å². The van der Waals surface area contributed by atoms with Gasteiger partial charge in [-0.05, 0) is 11.6 Å². The zero-order chi connectivity index (χ0) is 17.9. The molecular formula is C13H8N4O7. The molecule has 1 heterocycles. The summed E-state index contributed by atoms with van der Waals surface area (Å²) in [7, 11) is 0. The number of nitro benzene ring substituents is 3. The Kier molecular flexibility index (Phi) is 4.45. The largest absolute Gasteiger partial charge is 0.425 e. The average Bonchev–Trinajstić information content (AvgIpc) is 2.54. The molecule has 0 radical (unpaired) electrons. The topological polar surface area (TPSA) is 152 Å². The van der Waals surface area contributed by atoms with Crippen LogP contribution in [0.25, 0.3) is 6.08 Å². The van der Waals surface area contributed by atoms with Gasteiger partial charge in [0.15, 0.2) is 0 Å². The SMILES string of the molecule is C=Cc1ccnc(Oc2c([N+](=O)[O-])cc([N+](=O)[O-])cc2[N+](=O)[O-])c1. The predicted molar refractivity (Wildman–Crippen MR) is 80.8 cm³/mol. The van der Waals surface area contributed by atoms with Gasteiger partial charge < -0.3 is 4.74 Å². The van der Waals surface area contributed by atoms with Crippen LogP contribution in [0.15, 0.2) is 37.0 Å². The molecule has 24 heavy (non-hydrogen) atoms. The standard InChI is InChI=1S/C13H8N4O7/c1-2-8-3-4-14-12(5-8)24-13-10(16(20)21)6-9(15(18)19)7-11(13)17(22)23/h2-7H,1H2. The molecule has 2 rings (SSSR count). The van der Waals surface area contributed by atoms with E-state index in [0.29, 0.717) is 17.7 Å². The maximum absolute atomic E-state index is 11.1. The molecule has 0 bridgehead atoms. The van der Waals surface area contributed by atoms with Gasteiger partial charge in [0, 0.05) is 12.3 Å². The monoisotopic (exact) mass is 332 g/mol. The lowest BCUT2D eigenvalue weighted by Gasteiger charge is -2.06. The molecule has 11 heteroatoms. The van der Waals surface area contributed by atoms with Crippen molar-refractivity contribution < 1.29 is 19.5 Å². The highest BCUT2D eigenvalue weighted by Gasteiger charge is 2.32. The second-order valence-corrected chi connectivity index (χ2v) is 4.32. The zero-order valence-electron chi connectivity index (χ0n) is 11.8. The molecule has 1 aromatic heterocycles. The number of rotatable bonds is 6. The summed E-state index contributed by atoms with van der Waals surface area (Å²) in [5, 5.41) is 33.1. The van der Waals surface area contributed by atoms with Crippen LogP contribution in [0.1, 0.15) is 5.56 Å². The molecule has 0 amide bonds. The molecular weight excluding hydrogens is 324 g/mol. The number of pyridine rings is 1. The van der Waals surface area contributed by atoms with E-state index in [9.17, 15) is 30.3 Å². The molecule has 122 valence electrons. The highest BCUT2D eigenvalue weighted by atomic mass is 16.6. The fourth-order valence-electron chi connectivity index (χ4n) is 1.78. The lowest BCUT2D eigenvalue weighted by atomic mass is 10.2. The first kappa shape index (κ1) is 16.5. The Morgan fingerprint density at radius 1 is 1.00 bits per heavy atom. The highest BCUT2D eigenvalue weighted by molar-refractivity contribution is 5.66. The van der Waals surface area contributed by atoms with Gasteiger partial charge in [0.2, 0.25) is 5.88 Å². The van der Waals surface area contributed by atoms with Crippen molar-refractivity contribution in [2.75, 3.05) is 0 Å². The summed E-state index contributed by atoms with van der Waals surface area (Å²) in [6.07, 6.45) is 2.77. The third kappa shape index (κ3) is 3.30. The summed E-state index contributed by atoms with van der Waals surface area (Å²) in [4.78, 5) is 33.9. The van der Waals surface area contributed by atoms with E-state index in [4.69, 9.17) is 4.74 Å². The van der Waals surface area contributed by atoms with E-state index in [0.717, 1.165) is 0 Å². The van der Waals surface area contributed by atoms with Crippen LogP contribution in [-0.4, -0.2) is 19.8 Å². The Hall–Kier alpha value is -3.89. The van der Waals surface area contributed by atoms with Crippen molar-refractivity contribution in [1.82, 2.24) is 4.98 Å². The van der Waals surface area contributed by atoms with Gasteiger partial charge in [0.1, 0.15) is 0 Å². The lowest BCUT2D eigenvalue weighted by molar-refractivity contribution is -0.404. The number of nitro groups is 3. The van der Waals surface area contributed by atoms with Crippen LogP contribution in [0.2, 0.25) is 0 Å². The minimum absolute atomic E-state index is 0.160. The van der Waals surface area contributed by atoms with Gasteiger partial charge in [-0.25, -0.2) is 4.98 Å². The third-order valence-electron chi connectivity index (χ3n) is 2.84. The number of aromatic nitrogens is 1. The smallest absolute Gasteiger partial charge is 0.325 e. The van der Waals surface area contributed by atoms with Crippen molar-refractivity contribution >= 4 is 23.1 Å². The van der Waals surface area contributed by atoms with E-state index < -0.39 is 37.6 Å². The average molecular weight is 332 g/mol. The van der Waals surface area contributed by atoms with E-state index in [1.54, 1.807) is 6.07 Å². The number of benzene rings is 1. The minimum Gasteiger partial charge on any atom is -0.425 e. The van der Waals surface area contributed by atoms with Crippen LogP contribution < -0.4 is 4.74 Å². The first-order valence-electron chi connectivity index (χ1n) is 6.21. The normalized spacial score (nSPS) is 10.0. The van der Waals surface area contributed by atoms with Crippen molar-refractivity contribution in [3.05, 3.63) is 72.9 Å². The van der Waals surface area contributed by atoms with Crippen LogP contribution in [-0.2, 0) is 0 Å². The molecule has 0 unspecified atom stereocenters. The molecule has 0 spiro atoms. The maximum atomic E-state index is 11.1. The number of hydrogen-bond donors (Lipinski definition) is 0. The highest BCUT2D eigenvalue weighted by Crippen LogP contribution is 2.42. The number of hydrogen-bond acceptors (Lipinski definition) is 8. The van der Waals surface area contributed by atoms with Crippen LogP contribution in [0, 0.1) is 30.3 Å². The van der Waals surface area contributed by atoms with E-state index in [-0.39, 0.29) is 5.88 Å². The molecule has 0 saturated carbocycles. The van der Waals surface area contributed by atoms with E-state index in [1.807, 2.05) is 0 Å². The van der Waals surface area contributed by atoms with E-state index in [2.05, 4.69) is 11.6 Å². The van der Waals surface area contributed by atoms with Gasteiger partial charge in [0.05, 0.1) is 26.9 Å². The molecule has 0 atom stereocenters. The second kappa shape index (κ2) is 6.48. The van der Waals surface area contributed by atoms with E-state index in [1.165, 1.54) is 18.3 Å². The quantitative estimate of drug-likeness (QED) is 0.577. The van der Waals surface area contributed by atoms with Crippen LogP contribution in [0.3, 0.4) is 0 Å². The molecule has 0 N–H and O–H groups in total. The number of nitrogens with zero attached hydrogens (tertiary/aromatic N) is 4. The zero-order valence-corrected chi connectivity index (χ0v) is 11.8. The first-order chi connectivity index (χ1) is 11.3. The third-order valence-corrected chi connectivity index (χ3v) is 2.84. The van der Waals surface area contributed by atoms with Gasteiger partial charge >= 0.3 is 11.4 Å². The molecule has 0 saturated heterocycles. The fraction of sp³-hybridized carbons (Fsp3) is 0. The van der Waals surface area contributed by atoms with Crippen molar-refractivity contribution in [2.45, 2.75) is 0 Å². The Bertz CT molecular complexity index is 830. The Labute approximate surface area is 133 Å². The van der Waals surface area contributed by atoms with Gasteiger partial charge in [-0.1, -0.05) is 12.7 Å². The van der Waals surface area contributed by atoms with Gasteiger partial charge in [-0.2, -0.15) is 0 Å². The van der Waals surface area contributed by atoms with Crippen LogP contribution in [0.5, 0.6) is 11.6 Å². The van der Waals surface area contributed by atoms with Crippen molar-refractivity contribution in [3.63, 3.8) is 0 Å². The molecule has 11 nitrogen and oxygen atoms in total. The maximum Gasteiger partial charge on any atom is 0.325 e. The minimum atomic E-state index is -1.01. The fourth-order valence-corrected chi connectivity index (χ4v) is 1.78. The molecule has 0 aliphatic heterocycles. The molecule has 0 fully saturated rings. The Morgan fingerprint density at radius 2 is 1.58 bits per heavy atom. The second-order valence-electron chi connectivity index (χ2n) is 4.32. The van der Waals surface area contributed by atoms with Gasteiger partial charge in [-0.15, -0.1) is 0 Å². The molecule has 1 aromatic carbocycles. The van der Waals surface area contributed by atoms with E-state index >= 15 is 0 Å². The Balaban J connectivity index is 2.65. The van der Waals surface area contributed by atoms with Crippen LogP contribution >= 0.6 is 0 Å². The summed E-state index contributed by atoms with van der Waals surface area (Å²) < 4.78 is 5.18. The van der Waals surface area contributed by atoms with Gasteiger partial charge in [-0.3, -0.25) is 30.3 Å². The molecule has 2 aromatic rings. The van der Waals surface area contributed by atoms with Crippen molar-refractivity contribution in [2.24, 2.45) is 0 Å². The van der Waals surface area contributed by atoms with Gasteiger partial charge in [0.25, 0.3) is 11.4 Å². The summed E-state index contributed by atoms with van der Waals surface area (Å²) >= 11 is 0. The van der Waals surface area contributed by atoms with Crippen molar-refractivity contribution in [3.8, 4) is 11.6 Å². The number of ether oxygens (including phenoxy) is 1. The summed E-state index contributed by atoms with van der Waals surface area (Å²) in [6.45, 7) is 3.53. The molecule has 0 aliphatic carbocycles. The lowest BCUT2D eigenvalue weighted by Crippen LogP contribution is -2.01. The predicted octanol–water partition coefficient (Wildman–Crippen LogP) is 3.24. The summed E-state index contributed by atoms with van der Waals surface area (Å²) in [6, 6.07) is 4.08. The summed E-state index contributed by atoms with van der Waals surface area (Å²) in [5.74, 6) is -0.906. The Morgan fingerprint density at radius 3 is 2.04 bits per heavy atom. The number of non-ortho nitro benzene ring substituents is 1.